The van der Waals surface area contributed by atoms with Crippen molar-refractivity contribution in [3.63, 3.8) is 0 Å². The molecule has 0 spiro atoms. The Morgan fingerprint density at radius 2 is 1.91 bits per heavy atom. The topological polar surface area (TPSA) is 78.7 Å². The smallest absolute Gasteiger partial charge is 0.245 e. The van der Waals surface area contributed by atoms with E-state index in [4.69, 9.17) is 4.52 Å². The monoisotopic (exact) mass is 330 g/mol. The van der Waals surface area contributed by atoms with Gasteiger partial charge in [-0.2, -0.15) is 0 Å². The summed E-state index contributed by atoms with van der Waals surface area (Å²) in [5.74, 6) is 0.579. The Morgan fingerprint density at radius 3 is 2.45 bits per heavy atom. The van der Waals surface area contributed by atoms with Gasteiger partial charge in [0.05, 0.1) is 0 Å². The average Bonchev–Trinajstić information content (AvgIpc) is 2.79. The van der Waals surface area contributed by atoms with Gasteiger partial charge >= 0.3 is 0 Å². The Kier molecular flexibility index (Phi) is 5.60. The van der Waals surface area contributed by atoms with E-state index in [0.29, 0.717) is 18.0 Å². The van der Waals surface area contributed by atoms with Crippen LogP contribution in [0.3, 0.4) is 0 Å². The first-order valence-electron chi connectivity index (χ1n) is 7.63. The fourth-order valence-electron chi connectivity index (χ4n) is 2.72. The van der Waals surface area contributed by atoms with E-state index in [-0.39, 0.29) is 10.8 Å². The van der Waals surface area contributed by atoms with E-state index in [1.807, 2.05) is 0 Å². The number of hydrogen-bond acceptors (Lipinski definition) is 6. The van der Waals surface area contributed by atoms with Gasteiger partial charge in [0.1, 0.15) is 10.6 Å². The van der Waals surface area contributed by atoms with Crippen LogP contribution in [0.2, 0.25) is 0 Å². The molecule has 1 unspecified atom stereocenters. The Balaban J connectivity index is 1.86. The van der Waals surface area contributed by atoms with Gasteiger partial charge in [0, 0.05) is 39.3 Å². The third kappa shape index (κ3) is 4.28. The third-order valence-electron chi connectivity index (χ3n) is 4.02. The van der Waals surface area contributed by atoms with Crippen LogP contribution in [-0.4, -0.2) is 69.7 Å². The largest absolute Gasteiger partial charge is 0.360 e. The van der Waals surface area contributed by atoms with Gasteiger partial charge in [0.2, 0.25) is 10.0 Å². The fourth-order valence-corrected chi connectivity index (χ4v) is 4.21. The molecule has 2 rings (SSSR count). The summed E-state index contributed by atoms with van der Waals surface area (Å²) in [7, 11) is -1.43. The first kappa shape index (κ1) is 17.4. The lowest BCUT2D eigenvalue weighted by molar-refractivity contribution is 0.139. The van der Waals surface area contributed by atoms with E-state index in [2.05, 4.69) is 33.6 Å². The summed E-state index contributed by atoms with van der Waals surface area (Å²) in [6, 6.07) is 0. The van der Waals surface area contributed by atoms with Crippen LogP contribution in [-0.2, 0) is 10.0 Å². The molecular weight excluding hydrogens is 304 g/mol. The zero-order valence-corrected chi connectivity index (χ0v) is 14.6. The zero-order valence-electron chi connectivity index (χ0n) is 13.8. The fraction of sp³-hybridized carbons (Fsp3) is 0.786. The first-order valence-corrected chi connectivity index (χ1v) is 9.11. The van der Waals surface area contributed by atoms with Crippen LogP contribution >= 0.6 is 0 Å². The SMILES string of the molecule is Cc1noc(C)c1S(=O)(=O)NCC(C)CN1CCN(C)CC1. The van der Waals surface area contributed by atoms with Gasteiger partial charge in [-0.3, -0.25) is 0 Å². The van der Waals surface area contributed by atoms with E-state index in [1.165, 1.54) is 0 Å². The molecule has 1 N–H and O–H groups in total. The number of likely N-dealkylation sites (N-methyl/N-ethyl adjacent to an activating group) is 1. The maximum atomic E-state index is 12.3. The van der Waals surface area contributed by atoms with Crippen LogP contribution in [0.4, 0.5) is 0 Å². The summed E-state index contributed by atoms with van der Waals surface area (Å²) in [6.07, 6.45) is 0. The average molecular weight is 330 g/mol. The summed E-state index contributed by atoms with van der Waals surface area (Å²) in [5.41, 5.74) is 0.400. The van der Waals surface area contributed by atoms with Gasteiger partial charge in [-0.25, -0.2) is 13.1 Å². The molecule has 0 radical (unpaired) electrons. The predicted octanol–water partition coefficient (Wildman–Crippen LogP) is 0.453. The lowest BCUT2D eigenvalue weighted by Crippen LogP contribution is -2.46. The van der Waals surface area contributed by atoms with E-state index in [9.17, 15) is 8.42 Å². The number of nitrogens with one attached hydrogen (secondary N) is 1. The standard InChI is InChI=1S/C14H26N4O3S/c1-11(10-18-7-5-17(4)6-8-18)9-15-22(19,20)14-12(2)16-21-13(14)3/h11,15H,5-10H2,1-4H3. The molecule has 1 atom stereocenters. The lowest BCUT2D eigenvalue weighted by atomic mass is 10.1. The Labute approximate surface area is 132 Å². The van der Waals surface area contributed by atoms with Crippen LogP contribution in [0.5, 0.6) is 0 Å². The van der Waals surface area contributed by atoms with Crippen LogP contribution in [0, 0.1) is 19.8 Å². The number of aryl methyl sites for hydroxylation is 2. The molecule has 126 valence electrons. The molecule has 22 heavy (non-hydrogen) atoms. The molecule has 1 aliphatic rings. The molecule has 1 aromatic heterocycles. The quantitative estimate of drug-likeness (QED) is 0.816. The van der Waals surface area contributed by atoms with Crippen LogP contribution in [0.25, 0.3) is 0 Å². The van der Waals surface area contributed by atoms with Crippen molar-refractivity contribution < 1.29 is 12.9 Å². The van der Waals surface area contributed by atoms with Crippen molar-refractivity contribution in [3.8, 4) is 0 Å². The minimum atomic E-state index is -3.56. The van der Waals surface area contributed by atoms with E-state index in [0.717, 1.165) is 32.7 Å². The number of rotatable bonds is 6. The van der Waals surface area contributed by atoms with Crippen molar-refractivity contribution in [2.45, 2.75) is 25.7 Å². The third-order valence-corrected chi connectivity index (χ3v) is 5.69. The van der Waals surface area contributed by atoms with Crippen molar-refractivity contribution in [2.24, 2.45) is 5.92 Å². The van der Waals surface area contributed by atoms with Crippen molar-refractivity contribution in [2.75, 3.05) is 46.3 Å². The highest BCUT2D eigenvalue weighted by atomic mass is 32.2. The molecule has 1 aromatic rings. The summed E-state index contributed by atoms with van der Waals surface area (Å²) in [6.45, 7) is 10.8. The predicted molar refractivity (Wildman–Crippen MR) is 84.3 cm³/mol. The second-order valence-corrected chi connectivity index (χ2v) is 7.92. The van der Waals surface area contributed by atoms with Crippen LogP contribution < -0.4 is 4.72 Å². The van der Waals surface area contributed by atoms with E-state index >= 15 is 0 Å². The molecule has 1 fully saturated rings. The summed E-state index contributed by atoms with van der Waals surface area (Å²) < 4.78 is 32.3. The lowest BCUT2D eigenvalue weighted by Gasteiger charge is -2.33. The van der Waals surface area contributed by atoms with Crippen molar-refractivity contribution >= 4 is 10.0 Å². The Morgan fingerprint density at radius 1 is 1.27 bits per heavy atom. The van der Waals surface area contributed by atoms with Gasteiger partial charge in [0.25, 0.3) is 0 Å². The molecule has 1 saturated heterocycles. The molecule has 0 aliphatic carbocycles. The number of piperazine rings is 1. The van der Waals surface area contributed by atoms with Crippen molar-refractivity contribution in [1.82, 2.24) is 19.7 Å². The van der Waals surface area contributed by atoms with Gasteiger partial charge in [0.15, 0.2) is 5.76 Å². The first-order chi connectivity index (χ1) is 10.3. The maximum absolute atomic E-state index is 12.3. The van der Waals surface area contributed by atoms with Gasteiger partial charge < -0.3 is 14.3 Å². The molecule has 0 aromatic carbocycles. The van der Waals surface area contributed by atoms with Crippen LogP contribution in [0.1, 0.15) is 18.4 Å². The number of nitrogens with zero attached hydrogens (tertiary/aromatic N) is 3. The van der Waals surface area contributed by atoms with E-state index in [1.54, 1.807) is 13.8 Å². The second kappa shape index (κ2) is 7.08. The second-order valence-electron chi connectivity index (χ2n) is 6.21. The van der Waals surface area contributed by atoms with Gasteiger partial charge in [-0.05, 0) is 26.8 Å². The molecule has 0 amide bonds. The van der Waals surface area contributed by atoms with Crippen molar-refractivity contribution in [1.29, 1.82) is 0 Å². The normalized spacial score (nSPS) is 19.5. The molecule has 7 nitrogen and oxygen atoms in total. The minimum Gasteiger partial charge on any atom is -0.360 e. The molecule has 8 heteroatoms. The van der Waals surface area contributed by atoms with Crippen LogP contribution in [0.15, 0.2) is 9.42 Å². The Hall–Kier alpha value is -0.960. The number of hydrogen-bond donors (Lipinski definition) is 1. The number of aromatic nitrogens is 1. The van der Waals surface area contributed by atoms with Crippen molar-refractivity contribution in [3.05, 3.63) is 11.5 Å². The summed E-state index contributed by atoms with van der Waals surface area (Å²) in [4.78, 5) is 4.86. The minimum absolute atomic E-state index is 0.166. The van der Waals surface area contributed by atoms with Gasteiger partial charge in [-0.15, -0.1) is 0 Å². The van der Waals surface area contributed by atoms with E-state index < -0.39 is 10.0 Å². The highest BCUT2D eigenvalue weighted by molar-refractivity contribution is 7.89. The molecule has 0 saturated carbocycles. The highest BCUT2D eigenvalue weighted by Gasteiger charge is 2.25. The Bertz CT molecular complexity index is 572. The number of sulfonamides is 1. The zero-order chi connectivity index (χ0) is 16.3. The highest BCUT2D eigenvalue weighted by Crippen LogP contribution is 2.18. The maximum Gasteiger partial charge on any atom is 0.245 e. The molecule has 2 heterocycles. The van der Waals surface area contributed by atoms with Gasteiger partial charge in [-0.1, -0.05) is 12.1 Å². The molecule has 1 aliphatic heterocycles. The summed E-state index contributed by atoms with van der Waals surface area (Å²) in [5, 5.41) is 3.70. The molecule has 0 bridgehead atoms. The summed E-state index contributed by atoms with van der Waals surface area (Å²) >= 11 is 0. The molecular formula is C14H26N4O3S.